The Morgan fingerprint density at radius 3 is 2.67 bits per heavy atom. The van der Waals surface area contributed by atoms with Crippen LogP contribution in [-0.4, -0.2) is 12.9 Å². The van der Waals surface area contributed by atoms with Gasteiger partial charge >= 0.3 is 0 Å². The summed E-state index contributed by atoms with van der Waals surface area (Å²) in [5.74, 6) is -2.26. The average molecular weight is 279 g/mol. The van der Waals surface area contributed by atoms with Crippen LogP contribution in [0, 0.1) is 11.6 Å². The monoisotopic (exact) mass is 278 g/mol. The van der Waals surface area contributed by atoms with Crippen molar-refractivity contribution in [3.8, 4) is 5.75 Å². The molecule has 15 heavy (non-hydrogen) atoms. The van der Waals surface area contributed by atoms with E-state index in [0.717, 1.165) is 0 Å². The van der Waals surface area contributed by atoms with Crippen molar-refractivity contribution in [3.63, 3.8) is 0 Å². The van der Waals surface area contributed by atoms with Gasteiger partial charge in [-0.25, -0.2) is 4.39 Å². The van der Waals surface area contributed by atoms with Gasteiger partial charge in [0.25, 0.3) is 0 Å². The SMILES string of the molecule is CCOc1c(CC=O)cc(Br)c(F)c1F. The number of aldehydes is 1. The molecule has 0 saturated carbocycles. The van der Waals surface area contributed by atoms with Crippen molar-refractivity contribution in [2.75, 3.05) is 6.61 Å². The third-order valence-corrected chi connectivity index (χ3v) is 2.36. The average Bonchev–Trinajstić information content (AvgIpc) is 2.21. The summed E-state index contributed by atoms with van der Waals surface area (Å²) in [5, 5.41) is 0. The van der Waals surface area contributed by atoms with Crippen molar-refractivity contribution >= 4 is 22.2 Å². The largest absolute Gasteiger partial charge is 0.490 e. The van der Waals surface area contributed by atoms with Crippen molar-refractivity contribution in [1.82, 2.24) is 0 Å². The highest BCUT2D eigenvalue weighted by Crippen LogP contribution is 2.30. The van der Waals surface area contributed by atoms with Crippen LogP contribution >= 0.6 is 15.9 Å². The molecule has 0 N–H and O–H groups in total. The lowest BCUT2D eigenvalue weighted by molar-refractivity contribution is -0.107. The maximum Gasteiger partial charge on any atom is 0.202 e. The Morgan fingerprint density at radius 1 is 1.47 bits per heavy atom. The Labute approximate surface area is 94.4 Å². The summed E-state index contributed by atoms with van der Waals surface area (Å²) < 4.78 is 31.5. The van der Waals surface area contributed by atoms with E-state index in [4.69, 9.17) is 4.74 Å². The van der Waals surface area contributed by atoms with Gasteiger partial charge in [-0.05, 0) is 28.9 Å². The zero-order chi connectivity index (χ0) is 11.4. The Balaban J connectivity index is 3.29. The molecule has 1 aromatic rings. The van der Waals surface area contributed by atoms with Gasteiger partial charge in [0.05, 0.1) is 11.1 Å². The number of halogens is 3. The molecular formula is C10H9BrF2O2. The first-order valence-corrected chi connectivity index (χ1v) is 5.13. The molecule has 1 aromatic carbocycles. The molecule has 0 spiro atoms. The number of carbonyl (C=O) groups is 1. The van der Waals surface area contributed by atoms with Crippen molar-refractivity contribution in [3.05, 3.63) is 27.7 Å². The summed E-state index contributed by atoms with van der Waals surface area (Å²) in [5.41, 5.74) is 0.331. The lowest BCUT2D eigenvalue weighted by Gasteiger charge is -2.10. The molecule has 0 unspecified atom stereocenters. The summed E-state index contributed by atoms with van der Waals surface area (Å²) in [6.45, 7) is 1.87. The van der Waals surface area contributed by atoms with Gasteiger partial charge in [0.15, 0.2) is 11.6 Å². The Morgan fingerprint density at radius 2 is 2.13 bits per heavy atom. The maximum absolute atomic E-state index is 13.4. The molecule has 0 saturated heterocycles. The second-order valence-electron chi connectivity index (χ2n) is 2.78. The molecule has 0 aromatic heterocycles. The summed E-state index contributed by atoms with van der Waals surface area (Å²) in [4.78, 5) is 10.4. The summed E-state index contributed by atoms with van der Waals surface area (Å²) in [6.07, 6.45) is 0.604. The first-order chi connectivity index (χ1) is 7.11. The van der Waals surface area contributed by atoms with E-state index >= 15 is 0 Å². The van der Waals surface area contributed by atoms with E-state index in [9.17, 15) is 13.6 Å². The molecule has 1 rings (SSSR count). The zero-order valence-electron chi connectivity index (χ0n) is 8.02. The van der Waals surface area contributed by atoms with Gasteiger partial charge in [0.1, 0.15) is 6.29 Å². The summed E-state index contributed by atoms with van der Waals surface area (Å²) in [6, 6.07) is 1.35. The second-order valence-corrected chi connectivity index (χ2v) is 3.63. The summed E-state index contributed by atoms with van der Waals surface area (Å²) >= 11 is 2.87. The number of hydrogen-bond donors (Lipinski definition) is 0. The predicted molar refractivity (Wildman–Crippen MR) is 55.0 cm³/mol. The van der Waals surface area contributed by atoms with Crippen LogP contribution in [0.2, 0.25) is 0 Å². The molecule has 0 atom stereocenters. The molecule has 0 aliphatic rings. The Bertz CT molecular complexity index is 380. The lowest BCUT2D eigenvalue weighted by atomic mass is 10.1. The molecule has 0 radical (unpaired) electrons. The van der Waals surface area contributed by atoms with Crippen LogP contribution in [-0.2, 0) is 11.2 Å². The molecule has 0 fully saturated rings. The normalized spacial score (nSPS) is 10.1. The van der Waals surface area contributed by atoms with Gasteiger partial charge in [-0.15, -0.1) is 0 Å². The third-order valence-electron chi connectivity index (χ3n) is 1.79. The number of carbonyl (C=O) groups excluding carboxylic acids is 1. The highest BCUT2D eigenvalue weighted by Gasteiger charge is 2.17. The molecule has 82 valence electrons. The van der Waals surface area contributed by atoms with E-state index in [-0.39, 0.29) is 23.2 Å². The quantitative estimate of drug-likeness (QED) is 0.625. The van der Waals surface area contributed by atoms with Crippen LogP contribution in [0.1, 0.15) is 12.5 Å². The molecule has 5 heteroatoms. The van der Waals surface area contributed by atoms with Crippen LogP contribution in [0.4, 0.5) is 8.78 Å². The first-order valence-electron chi connectivity index (χ1n) is 4.34. The minimum absolute atomic E-state index is 0.00880. The zero-order valence-corrected chi connectivity index (χ0v) is 9.61. The first kappa shape index (κ1) is 12.1. The van der Waals surface area contributed by atoms with E-state index in [1.165, 1.54) is 6.07 Å². The van der Waals surface area contributed by atoms with E-state index in [2.05, 4.69) is 15.9 Å². The van der Waals surface area contributed by atoms with Crippen molar-refractivity contribution in [2.45, 2.75) is 13.3 Å². The van der Waals surface area contributed by atoms with Gasteiger partial charge in [0.2, 0.25) is 5.82 Å². The second kappa shape index (κ2) is 5.21. The molecule has 0 aliphatic heterocycles. The standard InChI is InChI=1S/C10H9BrF2O2/c1-2-15-10-6(3-4-14)5-7(11)8(12)9(10)13/h4-5H,2-3H2,1H3. The minimum Gasteiger partial charge on any atom is -0.490 e. The Hall–Kier alpha value is -0.970. The van der Waals surface area contributed by atoms with E-state index < -0.39 is 11.6 Å². The highest BCUT2D eigenvalue weighted by atomic mass is 79.9. The van der Waals surface area contributed by atoms with Gasteiger partial charge in [-0.1, -0.05) is 0 Å². The maximum atomic E-state index is 13.4. The van der Waals surface area contributed by atoms with Gasteiger partial charge in [0, 0.05) is 12.0 Å². The number of rotatable bonds is 4. The van der Waals surface area contributed by atoms with Crippen LogP contribution in [0.3, 0.4) is 0 Å². The number of ether oxygens (including phenoxy) is 1. The van der Waals surface area contributed by atoms with Crippen molar-refractivity contribution in [1.29, 1.82) is 0 Å². The minimum atomic E-state index is -1.07. The molecule has 0 aliphatic carbocycles. The van der Waals surface area contributed by atoms with Crippen LogP contribution in [0.25, 0.3) is 0 Å². The third kappa shape index (κ3) is 2.53. The fourth-order valence-corrected chi connectivity index (χ4v) is 1.62. The molecule has 0 bridgehead atoms. The smallest absolute Gasteiger partial charge is 0.202 e. The topological polar surface area (TPSA) is 26.3 Å². The molecule has 2 nitrogen and oxygen atoms in total. The molecule has 0 amide bonds. The molecular weight excluding hydrogens is 270 g/mol. The Kier molecular flexibility index (Phi) is 4.20. The predicted octanol–water partition coefficient (Wildman–Crippen LogP) is 2.87. The van der Waals surface area contributed by atoms with Crippen LogP contribution in [0.5, 0.6) is 5.75 Å². The lowest BCUT2D eigenvalue weighted by Crippen LogP contribution is -2.03. The number of benzene rings is 1. The van der Waals surface area contributed by atoms with Crippen molar-refractivity contribution < 1.29 is 18.3 Å². The van der Waals surface area contributed by atoms with E-state index in [1.807, 2.05) is 0 Å². The highest BCUT2D eigenvalue weighted by molar-refractivity contribution is 9.10. The van der Waals surface area contributed by atoms with Gasteiger partial charge < -0.3 is 9.53 Å². The van der Waals surface area contributed by atoms with Crippen LogP contribution in [0.15, 0.2) is 10.5 Å². The van der Waals surface area contributed by atoms with Gasteiger partial charge in [-0.3, -0.25) is 0 Å². The summed E-state index contributed by atoms with van der Waals surface area (Å²) in [7, 11) is 0. The van der Waals surface area contributed by atoms with Crippen LogP contribution < -0.4 is 4.74 Å². The van der Waals surface area contributed by atoms with E-state index in [1.54, 1.807) is 6.92 Å². The fraction of sp³-hybridized carbons (Fsp3) is 0.300. The number of hydrogen-bond acceptors (Lipinski definition) is 2. The molecule has 0 heterocycles. The van der Waals surface area contributed by atoms with Crippen molar-refractivity contribution in [2.24, 2.45) is 0 Å². The fourth-order valence-electron chi connectivity index (χ4n) is 1.17. The van der Waals surface area contributed by atoms with Gasteiger partial charge in [-0.2, -0.15) is 4.39 Å². The van der Waals surface area contributed by atoms with E-state index in [0.29, 0.717) is 11.8 Å².